The Hall–Kier alpha value is 1.55. The zero-order valence-electron chi connectivity index (χ0n) is 10.4. The average Bonchev–Trinajstić information content (AvgIpc) is 2.08. The van der Waals surface area contributed by atoms with E-state index in [0.29, 0.717) is 0 Å². The van der Waals surface area contributed by atoms with Crippen molar-refractivity contribution in [3.63, 3.8) is 0 Å². The fraction of sp³-hybridized carbons (Fsp3) is 0. The molecule has 0 aromatic rings. The van der Waals surface area contributed by atoms with E-state index in [9.17, 15) is 0 Å². The molecule has 0 aliphatic heterocycles. The van der Waals surface area contributed by atoms with Gasteiger partial charge >= 0.3 is 161 Å². The van der Waals surface area contributed by atoms with Crippen LogP contribution in [0.2, 0.25) is 0 Å². The minimum atomic E-state index is -3.94. The average molecular weight is 690 g/mol. The van der Waals surface area contributed by atoms with E-state index in [1.54, 1.807) is 0 Å². The van der Waals surface area contributed by atoms with Gasteiger partial charge in [0.2, 0.25) is 0 Å². The van der Waals surface area contributed by atoms with E-state index < -0.39 is 92.4 Å². The standard InChI is InChI=1S/Mo.18O.6V/q;;;;;;;;;;;;;6*-1;;;;;;. The van der Waals surface area contributed by atoms with Gasteiger partial charge in [0.15, 0.2) is 0 Å². The molecule has 0 saturated heterocycles. The number of rotatable bonds is 0. The summed E-state index contributed by atoms with van der Waals surface area (Å²) < 4.78 is 154. The summed E-state index contributed by atoms with van der Waals surface area (Å²) in [5.74, 6) is 0. The molecule has 0 aliphatic carbocycles. The van der Waals surface area contributed by atoms with Gasteiger partial charge in [-0.1, -0.05) is 0 Å². The van der Waals surface area contributed by atoms with Crippen molar-refractivity contribution in [1.29, 1.82) is 0 Å². The third-order valence-electron chi connectivity index (χ3n) is 0. The second-order valence-corrected chi connectivity index (χ2v) is 5.53. The van der Waals surface area contributed by atoms with Gasteiger partial charge in [0.1, 0.15) is 0 Å². The van der Waals surface area contributed by atoms with Crippen molar-refractivity contribution in [2.45, 2.75) is 0 Å². The van der Waals surface area contributed by atoms with E-state index >= 15 is 0 Å². The molecule has 0 spiro atoms. The third kappa shape index (κ3) is 5870. The zero-order valence-corrected chi connectivity index (χ0v) is 20.8. The fourth-order valence-electron chi connectivity index (χ4n) is 0. The molecule has 0 aromatic carbocycles. The summed E-state index contributed by atoms with van der Waals surface area (Å²) in [6.07, 6.45) is 0. The molecule has 18 nitrogen and oxygen atoms in total. The summed E-state index contributed by atoms with van der Waals surface area (Å²) in [5.41, 5.74) is 0. The van der Waals surface area contributed by atoms with Crippen LogP contribution in [0.5, 0.6) is 0 Å². The summed E-state index contributed by atoms with van der Waals surface area (Å²) in [7, 11) is 0. The molecule has 0 unspecified atom stereocenters. The normalized spacial score (nSPS) is 6.00. The van der Waals surface area contributed by atoms with Crippen LogP contribution < -0.4 is 24.2 Å². The molecule has 25 heteroatoms. The Morgan fingerprint density at radius 2 is 0.280 bits per heavy atom. The molecule has 25 heavy (non-hydrogen) atoms. The van der Waals surface area contributed by atoms with Crippen LogP contribution in [-0.2, 0) is 158 Å². The summed E-state index contributed by atoms with van der Waals surface area (Å²) in [6.45, 7) is 0. The first kappa shape index (κ1) is 45.4. The topological polar surface area (TPSA) is 343 Å². The minimum absolute atomic E-state index is 0. The van der Waals surface area contributed by atoms with Crippen molar-refractivity contribution in [3.05, 3.63) is 0 Å². The van der Waals surface area contributed by atoms with Crippen LogP contribution in [0.3, 0.4) is 0 Å². The Morgan fingerprint density at radius 3 is 0.280 bits per heavy atom. The molecular formula is MoO18V6-6. The molecule has 0 heterocycles. The van der Waals surface area contributed by atoms with Crippen molar-refractivity contribution in [3.8, 4) is 0 Å². The molecule has 0 amide bonds. The second-order valence-electron chi connectivity index (χ2n) is 1.34. The number of hydrogen-bond donors (Lipinski definition) is 0. The van der Waals surface area contributed by atoms with Gasteiger partial charge < -0.3 is 0 Å². The molecule has 0 aliphatic rings. The van der Waals surface area contributed by atoms with Crippen molar-refractivity contribution in [2.75, 3.05) is 0 Å². The van der Waals surface area contributed by atoms with Crippen molar-refractivity contribution < 1.29 is 182 Å². The summed E-state index contributed by atoms with van der Waals surface area (Å²) >= 11 is -23.6. The molecular weight excluding hydrogens is 690 g/mol. The van der Waals surface area contributed by atoms with E-state index in [-0.39, 0.29) is 21.1 Å². The first-order valence-corrected chi connectivity index (χ1v) is 13.5. The van der Waals surface area contributed by atoms with Crippen LogP contribution in [0, 0.1) is 0 Å². The molecule has 0 rings (SSSR count). The van der Waals surface area contributed by atoms with Crippen LogP contribution in [-0.4, -0.2) is 0 Å². The van der Waals surface area contributed by atoms with Gasteiger partial charge in [-0.15, -0.1) is 0 Å². The van der Waals surface area contributed by atoms with Crippen LogP contribution in [0.1, 0.15) is 0 Å². The molecule has 150 valence electrons. The SMILES string of the molecule is [Mo].[O]=[V](=[O])[O-].[O]=[V](=[O])[O-].[O]=[V](=[O])[O-].[O]=[V](=[O])[O-].[O]=[V](=[O])[O-].[O]=[V](=[O])[O-]. The molecule has 0 radical (unpaired) electrons. The Kier molecular flexibility index (Phi) is 73.1. The molecule has 0 saturated carbocycles. The number of hydrogen-bond acceptors (Lipinski definition) is 18. The summed E-state index contributed by atoms with van der Waals surface area (Å²) in [5, 5.41) is 0. The van der Waals surface area contributed by atoms with Crippen LogP contribution >= 0.6 is 0 Å². The van der Waals surface area contributed by atoms with Gasteiger partial charge in [-0.2, -0.15) is 0 Å². The second kappa shape index (κ2) is 40.3. The Labute approximate surface area is 179 Å². The maximum absolute atomic E-state index is 8.56. The van der Waals surface area contributed by atoms with E-state index in [2.05, 4.69) is 0 Å². The third-order valence-corrected chi connectivity index (χ3v) is 0. The summed E-state index contributed by atoms with van der Waals surface area (Å²) in [6, 6.07) is 0. The predicted molar refractivity (Wildman–Crippen MR) is 8.24 cm³/mol. The predicted octanol–water partition coefficient (Wildman–Crippen LogP) is -8.58. The molecule has 0 aromatic heterocycles. The first-order chi connectivity index (χ1) is 10.4. The Bertz CT molecular complexity index is 471. The van der Waals surface area contributed by atoms with E-state index in [1.807, 2.05) is 0 Å². The van der Waals surface area contributed by atoms with Gasteiger partial charge in [0.25, 0.3) is 0 Å². The Balaban J connectivity index is -0.0000000309. The van der Waals surface area contributed by atoms with Gasteiger partial charge in [-0.05, 0) is 0 Å². The monoisotopic (exact) mass is 691 g/mol. The first-order valence-electron chi connectivity index (χ1n) is 3.29. The van der Waals surface area contributed by atoms with Crippen LogP contribution in [0.25, 0.3) is 0 Å². The molecule has 0 N–H and O–H groups in total. The maximum atomic E-state index is 8.56. The molecule has 0 bridgehead atoms. The van der Waals surface area contributed by atoms with E-state index in [4.69, 9.17) is 68.3 Å². The zero-order chi connectivity index (χ0) is 21.5. The molecule has 0 fully saturated rings. The van der Waals surface area contributed by atoms with Crippen molar-refractivity contribution in [2.24, 2.45) is 0 Å². The fourth-order valence-corrected chi connectivity index (χ4v) is 0. The van der Waals surface area contributed by atoms with Gasteiger partial charge in [-0.25, -0.2) is 0 Å². The quantitative estimate of drug-likeness (QED) is 0.213. The van der Waals surface area contributed by atoms with Gasteiger partial charge in [-0.3, -0.25) is 0 Å². The summed E-state index contributed by atoms with van der Waals surface area (Å²) in [4.78, 5) is 0. The molecule has 0 atom stereocenters. The van der Waals surface area contributed by atoms with Crippen LogP contribution in [0.15, 0.2) is 0 Å². The van der Waals surface area contributed by atoms with E-state index in [0.717, 1.165) is 0 Å². The van der Waals surface area contributed by atoms with Gasteiger partial charge in [0.05, 0.1) is 0 Å². The van der Waals surface area contributed by atoms with Crippen molar-refractivity contribution >= 4 is 0 Å². The van der Waals surface area contributed by atoms with E-state index in [1.165, 1.54) is 0 Å². The Morgan fingerprint density at radius 1 is 0.280 bits per heavy atom. The van der Waals surface area contributed by atoms with Crippen LogP contribution in [0.4, 0.5) is 0 Å². The van der Waals surface area contributed by atoms with Gasteiger partial charge in [0, 0.05) is 21.1 Å². The van der Waals surface area contributed by atoms with Crippen molar-refractivity contribution in [1.82, 2.24) is 0 Å².